The summed E-state index contributed by atoms with van der Waals surface area (Å²) in [6, 6.07) is 0. The lowest BCUT2D eigenvalue weighted by Gasteiger charge is -2.11. The van der Waals surface area contributed by atoms with Gasteiger partial charge in [-0.2, -0.15) is 4.52 Å². The first-order chi connectivity index (χ1) is 11.2. The number of tetrazole rings is 1. The number of aromatic nitrogens is 6. The molecule has 1 aliphatic carbocycles. The van der Waals surface area contributed by atoms with Gasteiger partial charge in [0.05, 0.1) is 5.52 Å². The fourth-order valence-corrected chi connectivity index (χ4v) is 4.80. The molecule has 0 unspecified atom stereocenters. The fourth-order valence-electron chi connectivity index (χ4n) is 3.65. The van der Waals surface area contributed by atoms with Crippen LogP contribution in [0.4, 0.5) is 0 Å². The van der Waals surface area contributed by atoms with E-state index in [1.165, 1.54) is 28.6 Å². The lowest BCUT2D eigenvalue weighted by molar-refractivity contribution is 0.632. The highest BCUT2D eigenvalue weighted by Crippen LogP contribution is 2.40. The van der Waals surface area contributed by atoms with Gasteiger partial charge in [0.25, 0.3) is 0 Å². The predicted octanol–water partition coefficient (Wildman–Crippen LogP) is 2.97. The van der Waals surface area contributed by atoms with Crippen LogP contribution in [0.3, 0.4) is 0 Å². The van der Waals surface area contributed by atoms with Crippen LogP contribution in [0.25, 0.3) is 26.1 Å². The van der Waals surface area contributed by atoms with Gasteiger partial charge in [-0.05, 0) is 53.2 Å². The standard InChI is InChI=1S/C16H16N6S/c1-8(2)6-11-9-4-3-5-10(9)12-13-14(23-16(12)18-11)15-19-20-21-22(15)7-17-13/h7-8H,3-6H2,1-2H3. The molecule has 0 amide bonds. The van der Waals surface area contributed by atoms with E-state index in [1.54, 1.807) is 22.2 Å². The third kappa shape index (κ3) is 1.83. The molecule has 0 aromatic carbocycles. The lowest BCUT2D eigenvalue weighted by atomic mass is 9.99. The van der Waals surface area contributed by atoms with E-state index >= 15 is 0 Å². The minimum atomic E-state index is 0.615. The average Bonchev–Trinajstić information content (AvgIpc) is 3.22. The predicted molar refractivity (Wildman–Crippen MR) is 89.8 cm³/mol. The summed E-state index contributed by atoms with van der Waals surface area (Å²) >= 11 is 1.67. The Labute approximate surface area is 136 Å². The summed E-state index contributed by atoms with van der Waals surface area (Å²) in [6.45, 7) is 4.51. The van der Waals surface area contributed by atoms with Crippen molar-refractivity contribution in [1.82, 2.24) is 30.0 Å². The van der Waals surface area contributed by atoms with Gasteiger partial charge in [-0.15, -0.1) is 16.4 Å². The van der Waals surface area contributed by atoms with Crippen molar-refractivity contribution in [2.75, 3.05) is 0 Å². The van der Waals surface area contributed by atoms with Crippen LogP contribution in [-0.4, -0.2) is 30.0 Å². The summed E-state index contributed by atoms with van der Waals surface area (Å²) < 4.78 is 2.67. The highest BCUT2D eigenvalue weighted by atomic mass is 32.1. The molecule has 4 heterocycles. The number of fused-ring (bicyclic) bond motifs is 7. The molecule has 0 saturated heterocycles. The molecule has 23 heavy (non-hydrogen) atoms. The van der Waals surface area contributed by atoms with E-state index < -0.39 is 0 Å². The third-order valence-corrected chi connectivity index (χ3v) is 5.63. The van der Waals surface area contributed by atoms with Gasteiger partial charge in [-0.3, -0.25) is 0 Å². The molecule has 0 spiro atoms. The Hall–Kier alpha value is -2.15. The average molecular weight is 324 g/mol. The van der Waals surface area contributed by atoms with Crippen molar-refractivity contribution in [3.63, 3.8) is 0 Å². The number of thiophene rings is 1. The van der Waals surface area contributed by atoms with Gasteiger partial charge >= 0.3 is 0 Å². The van der Waals surface area contributed by atoms with Gasteiger partial charge in [0.1, 0.15) is 15.9 Å². The van der Waals surface area contributed by atoms with E-state index in [4.69, 9.17) is 4.98 Å². The fraction of sp³-hybridized carbons (Fsp3) is 0.438. The van der Waals surface area contributed by atoms with Gasteiger partial charge in [0.2, 0.25) is 0 Å². The second kappa shape index (κ2) is 4.67. The molecular weight excluding hydrogens is 308 g/mol. The van der Waals surface area contributed by atoms with Crippen LogP contribution in [0.5, 0.6) is 0 Å². The first kappa shape index (κ1) is 13.3. The van der Waals surface area contributed by atoms with Gasteiger partial charge in [0, 0.05) is 11.1 Å². The minimum Gasteiger partial charge on any atom is -0.242 e. The minimum absolute atomic E-state index is 0.615. The first-order valence-corrected chi connectivity index (χ1v) is 8.83. The van der Waals surface area contributed by atoms with Crippen molar-refractivity contribution in [3.05, 3.63) is 23.1 Å². The van der Waals surface area contributed by atoms with Crippen molar-refractivity contribution in [2.45, 2.75) is 39.5 Å². The second-order valence-corrected chi connectivity index (χ2v) is 7.62. The van der Waals surface area contributed by atoms with Gasteiger partial charge in [-0.1, -0.05) is 13.8 Å². The molecule has 0 aliphatic heterocycles. The molecule has 0 saturated carbocycles. The van der Waals surface area contributed by atoms with Crippen LogP contribution in [0.2, 0.25) is 0 Å². The lowest BCUT2D eigenvalue weighted by Crippen LogP contribution is -2.03. The first-order valence-electron chi connectivity index (χ1n) is 8.02. The summed E-state index contributed by atoms with van der Waals surface area (Å²) in [5.41, 5.74) is 5.99. The molecule has 0 radical (unpaired) electrons. The zero-order valence-corrected chi connectivity index (χ0v) is 13.9. The summed E-state index contributed by atoms with van der Waals surface area (Å²) in [6.07, 6.45) is 6.23. The Bertz CT molecular complexity index is 1060. The Balaban J connectivity index is 1.91. The van der Waals surface area contributed by atoms with Crippen molar-refractivity contribution >= 4 is 37.4 Å². The molecule has 5 rings (SSSR count). The maximum Gasteiger partial charge on any atom is 0.200 e. The van der Waals surface area contributed by atoms with Crippen molar-refractivity contribution in [2.24, 2.45) is 5.92 Å². The Morgan fingerprint density at radius 1 is 1.26 bits per heavy atom. The molecule has 0 atom stereocenters. The van der Waals surface area contributed by atoms with Crippen LogP contribution in [0.15, 0.2) is 6.33 Å². The number of nitrogens with zero attached hydrogens (tertiary/aromatic N) is 6. The molecule has 0 N–H and O–H groups in total. The Morgan fingerprint density at radius 2 is 2.13 bits per heavy atom. The highest BCUT2D eigenvalue weighted by molar-refractivity contribution is 7.26. The summed E-state index contributed by atoms with van der Waals surface area (Å²) in [5.74, 6) is 0.615. The highest BCUT2D eigenvalue weighted by Gasteiger charge is 2.24. The number of hydrogen-bond acceptors (Lipinski definition) is 6. The summed E-state index contributed by atoms with van der Waals surface area (Å²) in [4.78, 5) is 10.7. The SMILES string of the molecule is CC(C)Cc1nc2sc3c(ncn4nnnc34)c2c2c1CCC2. The number of rotatable bonds is 2. The molecule has 7 heteroatoms. The zero-order valence-electron chi connectivity index (χ0n) is 13.1. The van der Waals surface area contributed by atoms with E-state index in [-0.39, 0.29) is 0 Å². The maximum atomic E-state index is 5.02. The zero-order chi connectivity index (χ0) is 15.6. The van der Waals surface area contributed by atoms with Crippen LogP contribution in [-0.2, 0) is 19.3 Å². The molecule has 4 aromatic heterocycles. The number of hydrogen-bond donors (Lipinski definition) is 0. The van der Waals surface area contributed by atoms with Crippen LogP contribution >= 0.6 is 11.3 Å². The van der Waals surface area contributed by atoms with Gasteiger partial charge in [-0.25, -0.2) is 9.97 Å². The topological polar surface area (TPSA) is 68.9 Å². The number of aryl methyl sites for hydroxylation is 1. The van der Waals surface area contributed by atoms with Crippen LogP contribution in [0.1, 0.15) is 37.1 Å². The number of pyridine rings is 1. The van der Waals surface area contributed by atoms with E-state index in [2.05, 4.69) is 34.4 Å². The van der Waals surface area contributed by atoms with E-state index in [1.807, 2.05) is 0 Å². The second-order valence-electron chi connectivity index (χ2n) is 6.62. The molecule has 1 aliphatic rings. The molecule has 0 fully saturated rings. The summed E-state index contributed by atoms with van der Waals surface area (Å²) in [5, 5.41) is 13.1. The van der Waals surface area contributed by atoms with E-state index in [0.717, 1.165) is 40.0 Å². The van der Waals surface area contributed by atoms with E-state index in [0.29, 0.717) is 5.92 Å². The maximum absolute atomic E-state index is 5.02. The van der Waals surface area contributed by atoms with E-state index in [9.17, 15) is 0 Å². The van der Waals surface area contributed by atoms with Gasteiger partial charge in [0.15, 0.2) is 5.65 Å². The molecule has 0 bridgehead atoms. The smallest absolute Gasteiger partial charge is 0.200 e. The monoisotopic (exact) mass is 324 g/mol. The largest absolute Gasteiger partial charge is 0.242 e. The third-order valence-electron chi connectivity index (χ3n) is 4.56. The van der Waals surface area contributed by atoms with Crippen LogP contribution in [0, 0.1) is 5.92 Å². The molecular formula is C16H16N6S. The van der Waals surface area contributed by atoms with Gasteiger partial charge < -0.3 is 0 Å². The molecule has 116 valence electrons. The van der Waals surface area contributed by atoms with Crippen LogP contribution < -0.4 is 0 Å². The van der Waals surface area contributed by atoms with Crippen molar-refractivity contribution in [1.29, 1.82) is 0 Å². The molecule has 6 nitrogen and oxygen atoms in total. The Morgan fingerprint density at radius 3 is 3.00 bits per heavy atom. The normalized spacial score (nSPS) is 14.6. The molecule has 4 aromatic rings. The van der Waals surface area contributed by atoms with Crippen molar-refractivity contribution in [3.8, 4) is 0 Å². The van der Waals surface area contributed by atoms with Crippen molar-refractivity contribution < 1.29 is 0 Å². The summed E-state index contributed by atoms with van der Waals surface area (Å²) in [7, 11) is 0. The Kier molecular flexibility index (Phi) is 2.70. The quantitative estimate of drug-likeness (QED) is 0.567.